The predicted octanol–water partition coefficient (Wildman–Crippen LogP) is 7.93. The fourth-order valence-corrected chi connectivity index (χ4v) is 5.80. The molecule has 0 saturated heterocycles. The van der Waals surface area contributed by atoms with Crippen LogP contribution in [-0.2, 0) is 29.0 Å². The number of carbonyl (C=O) groups is 2. The summed E-state index contributed by atoms with van der Waals surface area (Å²) >= 11 is 25.1. The van der Waals surface area contributed by atoms with Gasteiger partial charge in [-0.1, -0.05) is 108 Å². The standard InChI is InChI=1S/C30H30Cl4N2O2/c31-23-13-11-21(26(33)17-23)16-29(37)36(19-22-12-14-24(32)18-27(22)34)28(15-20-7-3-1-4-8-20)30(38)35-25-9-5-2-6-10-25/h1,3-4,7-8,11-14,17-18,25,28H,2,5-6,9-10,15-16,19H2,(H,35,38). The van der Waals surface area contributed by atoms with Crippen molar-refractivity contribution < 1.29 is 9.59 Å². The fourth-order valence-electron chi connectivity index (χ4n) is 4.86. The Hall–Kier alpha value is -2.24. The first kappa shape index (κ1) is 28.8. The van der Waals surface area contributed by atoms with Gasteiger partial charge in [0.15, 0.2) is 0 Å². The van der Waals surface area contributed by atoms with E-state index < -0.39 is 6.04 Å². The van der Waals surface area contributed by atoms with Gasteiger partial charge in [-0.2, -0.15) is 0 Å². The number of hydrogen-bond acceptors (Lipinski definition) is 2. The van der Waals surface area contributed by atoms with Crippen LogP contribution in [0.3, 0.4) is 0 Å². The summed E-state index contributed by atoms with van der Waals surface area (Å²) in [5.74, 6) is -0.402. The molecule has 1 N–H and O–H groups in total. The summed E-state index contributed by atoms with van der Waals surface area (Å²) in [7, 11) is 0. The normalized spacial score (nSPS) is 14.6. The van der Waals surface area contributed by atoms with Crippen molar-refractivity contribution in [3.63, 3.8) is 0 Å². The third-order valence-corrected chi connectivity index (χ3v) is 8.11. The van der Waals surface area contributed by atoms with Gasteiger partial charge in [0.25, 0.3) is 0 Å². The molecule has 1 unspecified atom stereocenters. The second kappa shape index (κ2) is 13.7. The molecular weight excluding hydrogens is 562 g/mol. The Labute approximate surface area is 244 Å². The van der Waals surface area contributed by atoms with Crippen molar-refractivity contribution in [2.75, 3.05) is 0 Å². The van der Waals surface area contributed by atoms with Crippen LogP contribution in [-0.4, -0.2) is 28.8 Å². The summed E-state index contributed by atoms with van der Waals surface area (Å²) in [5, 5.41) is 5.07. The van der Waals surface area contributed by atoms with Gasteiger partial charge in [-0.3, -0.25) is 9.59 Å². The average Bonchev–Trinajstić information content (AvgIpc) is 2.90. The molecule has 0 heterocycles. The summed E-state index contributed by atoms with van der Waals surface area (Å²) < 4.78 is 0. The van der Waals surface area contributed by atoms with Crippen LogP contribution >= 0.6 is 46.4 Å². The number of nitrogens with zero attached hydrogens (tertiary/aromatic N) is 1. The van der Waals surface area contributed by atoms with Crippen molar-refractivity contribution in [1.29, 1.82) is 0 Å². The number of hydrogen-bond donors (Lipinski definition) is 1. The lowest BCUT2D eigenvalue weighted by atomic mass is 9.94. The lowest BCUT2D eigenvalue weighted by molar-refractivity contribution is -0.141. The van der Waals surface area contributed by atoms with Crippen LogP contribution in [0.25, 0.3) is 0 Å². The minimum Gasteiger partial charge on any atom is -0.352 e. The van der Waals surface area contributed by atoms with E-state index in [0.717, 1.165) is 31.2 Å². The maximum atomic E-state index is 13.9. The molecule has 8 heteroatoms. The van der Waals surface area contributed by atoms with Crippen LogP contribution in [0.2, 0.25) is 20.1 Å². The van der Waals surface area contributed by atoms with Gasteiger partial charge in [0.1, 0.15) is 6.04 Å². The summed E-state index contributed by atoms with van der Waals surface area (Å²) in [5.41, 5.74) is 2.30. The van der Waals surface area contributed by atoms with E-state index in [1.165, 1.54) is 6.42 Å². The van der Waals surface area contributed by atoms with Crippen LogP contribution in [0.15, 0.2) is 66.7 Å². The number of carbonyl (C=O) groups excluding carboxylic acids is 2. The maximum Gasteiger partial charge on any atom is 0.243 e. The van der Waals surface area contributed by atoms with Crippen LogP contribution in [0.1, 0.15) is 48.8 Å². The molecule has 1 aliphatic rings. The number of halogens is 4. The van der Waals surface area contributed by atoms with E-state index in [1.54, 1.807) is 41.3 Å². The minimum absolute atomic E-state index is 0.0171. The molecule has 3 aromatic rings. The zero-order valence-corrected chi connectivity index (χ0v) is 24.0. The van der Waals surface area contributed by atoms with Crippen molar-refractivity contribution in [1.82, 2.24) is 10.2 Å². The van der Waals surface area contributed by atoms with Gasteiger partial charge in [0.05, 0.1) is 6.42 Å². The molecule has 0 aliphatic heterocycles. The van der Waals surface area contributed by atoms with Crippen molar-refractivity contribution in [2.45, 2.75) is 63.6 Å². The summed E-state index contributed by atoms with van der Waals surface area (Å²) in [4.78, 5) is 29.4. The zero-order chi connectivity index (χ0) is 27.1. The topological polar surface area (TPSA) is 49.4 Å². The summed E-state index contributed by atoms with van der Waals surface area (Å²) in [6.07, 6.45) is 5.64. The third-order valence-electron chi connectivity index (χ3n) is 6.94. The van der Waals surface area contributed by atoms with Crippen LogP contribution in [0, 0.1) is 0 Å². The molecule has 2 amide bonds. The molecule has 4 rings (SSSR count). The predicted molar refractivity (Wildman–Crippen MR) is 156 cm³/mol. The minimum atomic E-state index is -0.746. The van der Waals surface area contributed by atoms with Crippen LogP contribution in [0.4, 0.5) is 0 Å². The van der Waals surface area contributed by atoms with E-state index in [4.69, 9.17) is 46.4 Å². The Morgan fingerprint density at radius 3 is 2.03 bits per heavy atom. The van der Waals surface area contributed by atoms with E-state index in [1.807, 2.05) is 30.3 Å². The smallest absolute Gasteiger partial charge is 0.243 e. The SMILES string of the molecule is O=C(NC1CCCCC1)C(Cc1ccccc1)N(Cc1ccc(Cl)cc1Cl)C(=O)Cc1ccc(Cl)cc1Cl. The highest BCUT2D eigenvalue weighted by Crippen LogP contribution is 2.27. The molecule has 4 nitrogen and oxygen atoms in total. The molecule has 200 valence electrons. The number of amides is 2. The molecular formula is C30H30Cl4N2O2. The third kappa shape index (κ3) is 7.89. The highest BCUT2D eigenvalue weighted by Gasteiger charge is 2.32. The monoisotopic (exact) mass is 590 g/mol. The second-order valence-corrected chi connectivity index (χ2v) is 11.4. The maximum absolute atomic E-state index is 13.9. The van der Waals surface area contributed by atoms with Gasteiger partial charge in [0.2, 0.25) is 11.8 Å². The molecule has 1 saturated carbocycles. The van der Waals surface area contributed by atoms with Crippen molar-refractivity contribution in [3.05, 3.63) is 104 Å². The van der Waals surface area contributed by atoms with Gasteiger partial charge < -0.3 is 10.2 Å². The van der Waals surface area contributed by atoms with Gasteiger partial charge in [-0.05, 0) is 53.8 Å². The summed E-state index contributed by atoms with van der Waals surface area (Å²) in [6.45, 7) is 0.148. The van der Waals surface area contributed by atoms with Crippen LogP contribution < -0.4 is 5.32 Å². The van der Waals surface area contributed by atoms with Gasteiger partial charge >= 0.3 is 0 Å². The Morgan fingerprint density at radius 2 is 1.42 bits per heavy atom. The Bertz CT molecular complexity index is 1260. The van der Waals surface area contributed by atoms with Crippen molar-refractivity contribution >= 4 is 58.2 Å². The number of benzene rings is 3. The molecule has 0 bridgehead atoms. The second-order valence-electron chi connectivity index (χ2n) is 9.72. The average molecular weight is 592 g/mol. The molecule has 3 aromatic carbocycles. The highest BCUT2D eigenvalue weighted by molar-refractivity contribution is 6.35. The molecule has 1 aliphatic carbocycles. The fraction of sp³-hybridized carbons (Fsp3) is 0.333. The molecule has 1 fully saturated rings. The number of rotatable bonds is 9. The molecule has 0 spiro atoms. The van der Waals surface area contributed by atoms with Gasteiger partial charge in [-0.25, -0.2) is 0 Å². The largest absolute Gasteiger partial charge is 0.352 e. The van der Waals surface area contributed by atoms with Gasteiger partial charge in [-0.15, -0.1) is 0 Å². The first-order chi connectivity index (χ1) is 18.3. The zero-order valence-electron chi connectivity index (χ0n) is 20.9. The molecule has 0 aromatic heterocycles. The first-order valence-corrected chi connectivity index (χ1v) is 14.3. The van der Waals surface area contributed by atoms with Crippen LogP contribution in [0.5, 0.6) is 0 Å². The Morgan fingerprint density at radius 1 is 0.816 bits per heavy atom. The molecule has 1 atom stereocenters. The molecule has 0 radical (unpaired) electrons. The Kier molecular flexibility index (Phi) is 10.4. The first-order valence-electron chi connectivity index (χ1n) is 12.8. The lowest BCUT2D eigenvalue weighted by Gasteiger charge is -2.34. The Balaban J connectivity index is 1.69. The van der Waals surface area contributed by atoms with Crippen molar-refractivity contribution in [2.24, 2.45) is 0 Å². The quantitative estimate of drug-likeness (QED) is 0.275. The lowest BCUT2D eigenvalue weighted by Crippen LogP contribution is -2.53. The summed E-state index contributed by atoms with van der Waals surface area (Å²) in [6, 6.07) is 19.3. The van der Waals surface area contributed by atoms with Gasteiger partial charge in [0, 0.05) is 39.1 Å². The van der Waals surface area contributed by atoms with Crippen molar-refractivity contribution in [3.8, 4) is 0 Å². The number of nitrogens with one attached hydrogen (secondary N) is 1. The molecule has 38 heavy (non-hydrogen) atoms. The van der Waals surface area contributed by atoms with E-state index in [2.05, 4.69) is 5.32 Å². The highest BCUT2D eigenvalue weighted by atomic mass is 35.5. The van der Waals surface area contributed by atoms with E-state index in [0.29, 0.717) is 37.6 Å². The van der Waals surface area contributed by atoms with E-state index in [9.17, 15) is 9.59 Å². The van der Waals surface area contributed by atoms with E-state index in [-0.39, 0.29) is 30.8 Å². The van der Waals surface area contributed by atoms with E-state index >= 15 is 0 Å².